The van der Waals surface area contributed by atoms with E-state index in [1.807, 2.05) is 11.5 Å². The number of carbonyl (C=O) groups excluding carboxylic acids is 1. The minimum atomic E-state index is -0.457. The predicted octanol–water partition coefficient (Wildman–Crippen LogP) is 4.80. The Morgan fingerprint density at radius 1 is 1.03 bits per heavy atom. The number of hydrogen-bond acceptors (Lipinski definition) is 7. The second-order valence-corrected chi connectivity index (χ2v) is 10.1. The number of rotatable bonds is 7. The Hall–Kier alpha value is -3.11. The van der Waals surface area contributed by atoms with Crippen LogP contribution in [0.1, 0.15) is 45.0 Å². The van der Waals surface area contributed by atoms with E-state index in [0.29, 0.717) is 22.3 Å². The van der Waals surface area contributed by atoms with Crippen LogP contribution in [0.4, 0.5) is 10.1 Å². The normalized spacial score (nSPS) is 17.2. The van der Waals surface area contributed by atoms with Gasteiger partial charge in [-0.1, -0.05) is 18.2 Å². The molecule has 1 saturated heterocycles. The van der Waals surface area contributed by atoms with Crippen LogP contribution in [0.15, 0.2) is 47.6 Å². The molecule has 0 saturated carbocycles. The largest absolute Gasteiger partial charge is 0.454 e. The number of aromatic nitrogens is 3. The van der Waals surface area contributed by atoms with Gasteiger partial charge in [0.25, 0.3) is 0 Å². The number of nitrogens with zero attached hydrogens (tertiary/aromatic N) is 4. The monoisotopic (exact) mass is 497 g/mol. The molecule has 10 heteroatoms. The molecule has 0 radical (unpaired) electrons. The molecule has 1 aromatic heterocycles. The summed E-state index contributed by atoms with van der Waals surface area (Å²) < 4.78 is 26.3. The molecule has 0 spiro atoms. The number of benzene rings is 2. The summed E-state index contributed by atoms with van der Waals surface area (Å²) in [5, 5.41) is 12.0. The number of nitrogens with one attached hydrogen (secondary N) is 1. The number of piperidine rings is 1. The van der Waals surface area contributed by atoms with Crippen molar-refractivity contribution in [3.05, 3.63) is 54.1 Å². The fraction of sp³-hybridized carbons (Fsp3) is 0.400. The average molecular weight is 498 g/mol. The molecule has 2 aliphatic rings. The fourth-order valence-electron chi connectivity index (χ4n) is 4.36. The van der Waals surface area contributed by atoms with Crippen molar-refractivity contribution in [2.75, 3.05) is 25.2 Å². The molecule has 1 amide bonds. The lowest BCUT2D eigenvalue weighted by molar-refractivity contribution is -0.115. The molecule has 0 unspecified atom stereocenters. The third-order valence-electron chi connectivity index (χ3n) is 6.35. The van der Waals surface area contributed by atoms with E-state index in [4.69, 9.17) is 9.47 Å². The maximum absolute atomic E-state index is 13.7. The minimum absolute atomic E-state index is 0.0416. The Kier molecular flexibility index (Phi) is 6.92. The van der Waals surface area contributed by atoms with E-state index in [-0.39, 0.29) is 24.6 Å². The van der Waals surface area contributed by atoms with Crippen LogP contribution < -0.4 is 14.8 Å². The zero-order valence-electron chi connectivity index (χ0n) is 19.7. The molecule has 3 aromatic rings. The van der Waals surface area contributed by atoms with Gasteiger partial charge in [0.05, 0.1) is 11.3 Å². The highest BCUT2D eigenvalue weighted by Crippen LogP contribution is 2.35. The quantitative estimate of drug-likeness (QED) is 0.470. The van der Waals surface area contributed by atoms with E-state index in [2.05, 4.69) is 27.3 Å². The van der Waals surface area contributed by atoms with Crippen LogP contribution in [0.3, 0.4) is 0 Å². The molecule has 35 heavy (non-hydrogen) atoms. The molecule has 2 atom stereocenters. The summed E-state index contributed by atoms with van der Waals surface area (Å²) in [5.74, 6) is 1.57. The summed E-state index contributed by atoms with van der Waals surface area (Å²) in [6, 6.07) is 11.6. The lowest BCUT2D eigenvalue weighted by Gasteiger charge is -2.32. The molecule has 1 fully saturated rings. The van der Waals surface area contributed by atoms with E-state index in [9.17, 15) is 9.18 Å². The van der Waals surface area contributed by atoms with E-state index in [0.717, 1.165) is 37.4 Å². The predicted molar refractivity (Wildman–Crippen MR) is 132 cm³/mol. The van der Waals surface area contributed by atoms with E-state index in [1.165, 1.54) is 30.3 Å². The van der Waals surface area contributed by atoms with E-state index < -0.39 is 5.25 Å². The van der Waals surface area contributed by atoms with Gasteiger partial charge >= 0.3 is 0 Å². The Bertz CT molecular complexity index is 1200. The molecular weight excluding hydrogens is 469 g/mol. The van der Waals surface area contributed by atoms with Crippen LogP contribution in [0.25, 0.3) is 5.69 Å². The molecule has 3 heterocycles. The molecule has 8 nitrogen and oxygen atoms in total. The number of halogens is 1. The van der Waals surface area contributed by atoms with Crippen molar-refractivity contribution in [1.82, 2.24) is 19.7 Å². The van der Waals surface area contributed by atoms with Crippen LogP contribution in [0, 0.1) is 5.82 Å². The maximum atomic E-state index is 13.7. The number of amides is 1. The number of hydrogen-bond donors (Lipinski definition) is 1. The van der Waals surface area contributed by atoms with Gasteiger partial charge in [0.1, 0.15) is 5.82 Å². The lowest BCUT2D eigenvalue weighted by Crippen LogP contribution is -2.33. The van der Waals surface area contributed by atoms with Gasteiger partial charge in [0.2, 0.25) is 12.7 Å². The smallest absolute Gasteiger partial charge is 0.237 e. The summed E-state index contributed by atoms with van der Waals surface area (Å²) in [7, 11) is 0. The summed E-state index contributed by atoms with van der Waals surface area (Å²) >= 11 is 1.32. The van der Waals surface area contributed by atoms with E-state index >= 15 is 0 Å². The van der Waals surface area contributed by atoms with Crippen LogP contribution >= 0.6 is 11.8 Å². The van der Waals surface area contributed by atoms with Crippen molar-refractivity contribution < 1.29 is 18.7 Å². The first-order valence-corrected chi connectivity index (χ1v) is 12.7. The summed E-state index contributed by atoms with van der Waals surface area (Å²) in [6.45, 7) is 6.14. The molecule has 184 valence electrons. The number of anilines is 1. The van der Waals surface area contributed by atoms with Gasteiger partial charge in [0, 0.05) is 17.4 Å². The number of likely N-dealkylation sites (tertiary alicyclic amines) is 1. The molecule has 2 aromatic carbocycles. The average Bonchev–Trinajstić information content (AvgIpc) is 3.51. The topological polar surface area (TPSA) is 81.5 Å². The van der Waals surface area contributed by atoms with Crippen molar-refractivity contribution in [3.8, 4) is 17.2 Å². The van der Waals surface area contributed by atoms with Gasteiger partial charge < -0.3 is 14.8 Å². The van der Waals surface area contributed by atoms with Gasteiger partial charge in [-0.25, -0.2) is 4.39 Å². The highest BCUT2D eigenvalue weighted by Gasteiger charge is 2.27. The van der Waals surface area contributed by atoms with Crippen molar-refractivity contribution in [3.63, 3.8) is 0 Å². The summed E-state index contributed by atoms with van der Waals surface area (Å²) in [5.41, 5.74) is 1.40. The molecular formula is C25H28FN5O3S. The van der Waals surface area contributed by atoms with Crippen molar-refractivity contribution in [2.45, 2.75) is 49.6 Å². The first-order chi connectivity index (χ1) is 17.0. The number of carbonyl (C=O) groups is 1. The maximum Gasteiger partial charge on any atom is 0.237 e. The Labute approximate surface area is 207 Å². The number of thioether (sulfide) groups is 1. The molecule has 2 aliphatic heterocycles. The van der Waals surface area contributed by atoms with Crippen molar-refractivity contribution >= 4 is 23.4 Å². The second-order valence-electron chi connectivity index (χ2n) is 8.74. The first-order valence-electron chi connectivity index (χ1n) is 11.8. The van der Waals surface area contributed by atoms with Crippen LogP contribution in [-0.2, 0) is 4.79 Å². The van der Waals surface area contributed by atoms with Gasteiger partial charge in [0.15, 0.2) is 22.5 Å². The highest BCUT2D eigenvalue weighted by atomic mass is 32.2. The SMILES string of the molecule is C[C@H](Sc1nnc([C@H](C)N2CCCCC2)n1-c1ccc(F)cc1)C(=O)Nc1ccc2c(c1)OCO2. The van der Waals surface area contributed by atoms with Crippen molar-refractivity contribution in [1.29, 1.82) is 0 Å². The zero-order chi connectivity index (χ0) is 24.4. The molecule has 1 N–H and O–H groups in total. The standard InChI is InChI=1S/C25H28FN5O3S/c1-16(30-12-4-3-5-13-30)23-28-29-25(31(23)20-9-6-18(26)7-10-20)35-17(2)24(32)27-19-8-11-21-22(14-19)34-15-33-21/h6-11,14,16-17H,3-5,12-13,15H2,1-2H3,(H,27,32)/t16-,17-/m0/s1. The zero-order valence-corrected chi connectivity index (χ0v) is 20.6. The van der Waals surface area contributed by atoms with Gasteiger partial charge in [-0.2, -0.15) is 0 Å². The third-order valence-corrected chi connectivity index (χ3v) is 7.39. The summed E-state index contributed by atoms with van der Waals surface area (Å²) in [4.78, 5) is 15.4. The van der Waals surface area contributed by atoms with Gasteiger partial charge in [-0.05, 0) is 76.2 Å². The molecule has 5 rings (SSSR count). The number of fused-ring (bicyclic) bond motifs is 1. The lowest BCUT2D eigenvalue weighted by atomic mass is 10.1. The third kappa shape index (κ3) is 5.13. The Balaban J connectivity index is 1.37. The minimum Gasteiger partial charge on any atom is -0.454 e. The summed E-state index contributed by atoms with van der Waals surface area (Å²) in [6.07, 6.45) is 3.56. The second kappa shape index (κ2) is 10.2. The first kappa shape index (κ1) is 23.6. The van der Waals surface area contributed by atoms with Gasteiger partial charge in [-0.15, -0.1) is 10.2 Å². The van der Waals surface area contributed by atoms with Crippen LogP contribution in [0.2, 0.25) is 0 Å². The van der Waals surface area contributed by atoms with Crippen LogP contribution in [-0.4, -0.2) is 50.7 Å². The van der Waals surface area contributed by atoms with Gasteiger partial charge in [-0.3, -0.25) is 14.3 Å². The fourth-order valence-corrected chi connectivity index (χ4v) is 5.23. The van der Waals surface area contributed by atoms with E-state index in [1.54, 1.807) is 30.3 Å². The Morgan fingerprint density at radius 2 is 1.77 bits per heavy atom. The molecule has 0 bridgehead atoms. The highest BCUT2D eigenvalue weighted by molar-refractivity contribution is 8.00. The molecule has 0 aliphatic carbocycles. The van der Waals surface area contributed by atoms with Crippen LogP contribution in [0.5, 0.6) is 11.5 Å². The van der Waals surface area contributed by atoms with Crippen molar-refractivity contribution in [2.24, 2.45) is 0 Å². The Morgan fingerprint density at radius 3 is 2.54 bits per heavy atom. The number of ether oxygens (including phenoxy) is 2.